The summed E-state index contributed by atoms with van der Waals surface area (Å²) in [7, 11) is 0. The molecule has 0 aliphatic heterocycles. The molecule has 0 heterocycles. The Kier molecular flexibility index (Phi) is 17.4. The number of rotatable bonds is 21. The van der Waals surface area contributed by atoms with E-state index >= 15 is 0 Å². The van der Waals surface area contributed by atoms with Crippen molar-refractivity contribution >= 4 is 5.69 Å². The molecular formula is C33H56N4O2. The molecule has 6 nitrogen and oxygen atoms in total. The molecule has 0 saturated carbocycles. The van der Waals surface area contributed by atoms with Crippen molar-refractivity contribution in [2.45, 2.75) is 97.4 Å². The first-order valence-corrected chi connectivity index (χ1v) is 15.3. The third-order valence-electron chi connectivity index (χ3n) is 7.15. The van der Waals surface area contributed by atoms with Gasteiger partial charge in [0.05, 0.1) is 24.9 Å². The van der Waals surface area contributed by atoms with Crippen LogP contribution >= 0.6 is 0 Å². The predicted octanol–water partition coefficient (Wildman–Crippen LogP) is 7.43. The highest BCUT2D eigenvalue weighted by atomic mass is 16.6. The molecule has 0 aromatic heterocycles. The third-order valence-corrected chi connectivity index (χ3v) is 7.15. The molecule has 0 fully saturated rings. The third kappa shape index (κ3) is 15.2. The number of allylic oxidation sites excluding steroid dienone is 2. The molecule has 1 aromatic carbocycles. The van der Waals surface area contributed by atoms with Crippen LogP contribution in [0.25, 0.3) is 0 Å². The van der Waals surface area contributed by atoms with Gasteiger partial charge in [-0.1, -0.05) is 77.5 Å². The van der Waals surface area contributed by atoms with Crippen molar-refractivity contribution in [3.63, 3.8) is 0 Å². The average molecular weight is 541 g/mol. The molecule has 220 valence electrons. The Bertz CT molecular complexity index is 821. The molecule has 1 aliphatic carbocycles. The number of hydroxylamine groups is 1. The lowest BCUT2D eigenvalue weighted by atomic mass is 9.93. The summed E-state index contributed by atoms with van der Waals surface area (Å²) in [6.45, 7) is 17.9. The molecule has 2 rings (SSSR count). The second-order valence-electron chi connectivity index (χ2n) is 11.1. The standard InChI is InChI=1S/C33H56N4O2/c1-6-14-30-18-20-32(21-19-30)37-36-29(5)33(27(2)3)35-28(4)22-26-38-24-13-23-34-39-25-12-17-31-15-10-8-7-9-11-16-31/h10,15,18-21,27,31,33-37H,4-9,11-14,16-17,22-26H2,1-3H3/b15-10-. The number of anilines is 1. The van der Waals surface area contributed by atoms with E-state index in [9.17, 15) is 0 Å². The molecule has 0 bridgehead atoms. The quantitative estimate of drug-likeness (QED) is 0.0739. The second-order valence-corrected chi connectivity index (χ2v) is 11.1. The Morgan fingerprint density at radius 1 is 1.03 bits per heavy atom. The second kappa shape index (κ2) is 20.6. The van der Waals surface area contributed by atoms with Gasteiger partial charge in [-0.3, -0.25) is 0 Å². The maximum absolute atomic E-state index is 5.81. The number of ether oxygens (including phenoxy) is 1. The summed E-state index contributed by atoms with van der Waals surface area (Å²) in [6, 6.07) is 8.59. The summed E-state index contributed by atoms with van der Waals surface area (Å²) < 4.78 is 5.81. The number of nitrogens with one attached hydrogen (secondary N) is 4. The maximum atomic E-state index is 5.81. The summed E-state index contributed by atoms with van der Waals surface area (Å²) in [5.74, 6) is 1.09. The first-order chi connectivity index (χ1) is 19.0. The van der Waals surface area contributed by atoms with Gasteiger partial charge in [-0.15, -0.1) is 0 Å². The molecule has 1 aromatic rings. The molecule has 0 spiro atoms. The Labute approximate surface area is 239 Å². The molecule has 2 atom stereocenters. The van der Waals surface area contributed by atoms with E-state index in [1.165, 1.54) is 44.1 Å². The average Bonchev–Trinajstić information content (AvgIpc) is 2.90. The van der Waals surface area contributed by atoms with Crippen molar-refractivity contribution < 1.29 is 9.57 Å². The van der Waals surface area contributed by atoms with Crippen molar-refractivity contribution in [3.8, 4) is 0 Å². The molecule has 6 heteroatoms. The molecule has 0 saturated heterocycles. The zero-order chi connectivity index (χ0) is 28.1. The van der Waals surface area contributed by atoms with Crippen LogP contribution in [0.5, 0.6) is 0 Å². The number of aryl methyl sites for hydroxylation is 1. The highest BCUT2D eigenvalue weighted by Gasteiger charge is 2.17. The number of benzene rings is 1. The molecule has 0 amide bonds. The van der Waals surface area contributed by atoms with E-state index in [1.54, 1.807) is 0 Å². The van der Waals surface area contributed by atoms with Crippen molar-refractivity contribution in [2.24, 2.45) is 11.8 Å². The molecule has 0 radical (unpaired) electrons. The van der Waals surface area contributed by atoms with E-state index in [0.717, 1.165) is 68.3 Å². The van der Waals surface area contributed by atoms with Gasteiger partial charge in [0.25, 0.3) is 0 Å². The van der Waals surface area contributed by atoms with Crippen LogP contribution in [0, 0.1) is 11.8 Å². The minimum Gasteiger partial charge on any atom is -0.381 e. The lowest BCUT2D eigenvalue weighted by Crippen LogP contribution is -2.41. The van der Waals surface area contributed by atoms with Gasteiger partial charge in [0.2, 0.25) is 0 Å². The van der Waals surface area contributed by atoms with Crippen molar-refractivity contribution in [2.75, 3.05) is 31.8 Å². The summed E-state index contributed by atoms with van der Waals surface area (Å²) >= 11 is 0. The van der Waals surface area contributed by atoms with Crippen LogP contribution in [0.3, 0.4) is 0 Å². The zero-order valence-corrected chi connectivity index (χ0v) is 25.0. The van der Waals surface area contributed by atoms with Crippen molar-refractivity contribution in [1.29, 1.82) is 0 Å². The predicted molar refractivity (Wildman–Crippen MR) is 166 cm³/mol. The lowest BCUT2D eigenvalue weighted by molar-refractivity contribution is 0.0305. The SMILES string of the molecule is C=C(CCOCCCNOCCCC1/C=C\CCCCC1)NC(C(=C)NNc1ccc(CCC)cc1)C(C)C. The van der Waals surface area contributed by atoms with E-state index in [2.05, 4.69) is 92.0 Å². The van der Waals surface area contributed by atoms with Gasteiger partial charge in [-0.2, -0.15) is 0 Å². The number of hydrazine groups is 1. The van der Waals surface area contributed by atoms with Gasteiger partial charge in [0.15, 0.2) is 0 Å². The fraction of sp³-hybridized carbons (Fsp3) is 0.636. The maximum Gasteiger partial charge on any atom is 0.0691 e. The Morgan fingerprint density at radius 2 is 1.85 bits per heavy atom. The van der Waals surface area contributed by atoms with Crippen LogP contribution in [-0.4, -0.2) is 32.4 Å². The summed E-state index contributed by atoms with van der Waals surface area (Å²) in [5, 5.41) is 3.53. The first-order valence-electron chi connectivity index (χ1n) is 15.3. The monoisotopic (exact) mass is 540 g/mol. The van der Waals surface area contributed by atoms with E-state index in [4.69, 9.17) is 9.57 Å². The molecular weight excluding hydrogens is 484 g/mol. The van der Waals surface area contributed by atoms with Crippen LogP contribution in [0.4, 0.5) is 5.69 Å². The normalized spacial score (nSPS) is 17.2. The summed E-state index contributed by atoms with van der Waals surface area (Å²) in [5.41, 5.74) is 13.8. The van der Waals surface area contributed by atoms with Gasteiger partial charge in [-0.05, 0) is 74.5 Å². The van der Waals surface area contributed by atoms with Gasteiger partial charge < -0.3 is 25.7 Å². The largest absolute Gasteiger partial charge is 0.381 e. The van der Waals surface area contributed by atoms with E-state index in [0.29, 0.717) is 19.1 Å². The van der Waals surface area contributed by atoms with Crippen LogP contribution in [0.1, 0.15) is 90.5 Å². The fourth-order valence-electron chi connectivity index (χ4n) is 4.80. The highest BCUT2D eigenvalue weighted by Crippen LogP contribution is 2.21. The van der Waals surface area contributed by atoms with E-state index in [-0.39, 0.29) is 6.04 Å². The first kappa shape index (κ1) is 32.9. The topological polar surface area (TPSA) is 66.6 Å². The molecule has 4 N–H and O–H groups in total. The minimum absolute atomic E-state index is 0.0637. The fourth-order valence-corrected chi connectivity index (χ4v) is 4.80. The van der Waals surface area contributed by atoms with E-state index < -0.39 is 0 Å². The molecule has 1 aliphatic rings. The Morgan fingerprint density at radius 3 is 2.62 bits per heavy atom. The number of hydrogen-bond donors (Lipinski definition) is 4. The lowest BCUT2D eigenvalue weighted by Gasteiger charge is -2.28. The summed E-state index contributed by atoms with van der Waals surface area (Å²) in [6.07, 6.45) is 17.8. The van der Waals surface area contributed by atoms with Crippen LogP contribution in [-0.2, 0) is 16.0 Å². The van der Waals surface area contributed by atoms with Gasteiger partial charge >= 0.3 is 0 Å². The van der Waals surface area contributed by atoms with Crippen LogP contribution in [0.2, 0.25) is 0 Å². The van der Waals surface area contributed by atoms with Crippen molar-refractivity contribution in [1.82, 2.24) is 16.2 Å². The van der Waals surface area contributed by atoms with E-state index in [1.807, 2.05) is 0 Å². The Hall–Kier alpha value is -2.28. The van der Waals surface area contributed by atoms with Crippen LogP contribution in [0.15, 0.2) is 61.0 Å². The zero-order valence-electron chi connectivity index (χ0n) is 25.0. The number of hydrogen-bond acceptors (Lipinski definition) is 6. The van der Waals surface area contributed by atoms with Crippen LogP contribution < -0.4 is 21.6 Å². The molecule has 39 heavy (non-hydrogen) atoms. The minimum atomic E-state index is 0.0637. The molecule has 2 unspecified atom stereocenters. The highest BCUT2D eigenvalue weighted by molar-refractivity contribution is 5.44. The van der Waals surface area contributed by atoms with Gasteiger partial charge in [-0.25, -0.2) is 5.48 Å². The van der Waals surface area contributed by atoms with Gasteiger partial charge in [0.1, 0.15) is 0 Å². The van der Waals surface area contributed by atoms with Gasteiger partial charge in [0, 0.05) is 31.0 Å². The summed E-state index contributed by atoms with van der Waals surface area (Å²) in [4.78, 5) is 5.60. The smallest absolute Gasteiger partial charge is 0.0691 e. The Balaban J connectivity index is 1.49. The van der Waals surface area contributed by atoms with Crippen molar-refractivity contribution in [3.05, 3.63) is 66.5 Å².